The number of anilines is 1. The Balaban J connectivity index is 1.54. The third-order valence-electron chi connectivity index (χ3n) is 4.55. The molecule has 0 atom stereocenters. The molecule has 0 spiro atoms. The van der Waals surface area contributed by atoms with Crippen molar-refractivity contribution in [3.63, 3.8) is 0 Å². The molecule has 0 bridgehead atoms. The van der Waals surface area contributed by atoms with E-state index in [-0.39, 0.29) is 5.91 Å². The average molecular weight is 404 g/mol. The number of ether oxygens (including phenoxy) is 2. The fourth-order valence-corrected chi connectivity index (χ4v) is 2.96. The summed E-state index contributed by atoms with van der Waals surface area (Å²) in [7, 11) is 0. The Bertz CT molecular complexity index is 921. The molecule has 0 aliphatic heterocycles. The SMILES string of the molecule is CC(C)COc1ccc(C(=O)Nc2ccccc2OCCCc2ccccc2)cc1. The van der Waals surface area contributed by atoms with E-state index in [1.54, 1.807) is 12.1 Å². The largest absolute Gasteiger partial charge is 0.493 e. The van der Waals surface area contributed by atoms with Gasteiger partial charge in [0, 0.05) is 5.56 Å². The van der Waals surface area contributed by atoms with Crippen LogP contribution in [0.25, 0.3) is 0 Å². The summed E-state index contributed by atoms with van der Waals surface area (Å²) in [5, 5.41) is 2.95. The van der Waals surface area contributed by atoms with E-state index < -0.39 is 0 Å². The molecule has 0 unspecified atom stereocenters. The molecule has 0 aromatic heterocycles. The molecule has 0 saturated heterocycles. The number of carbonyl (C=O) groups is 1. The van der Waals surface area contributed by atoms with E-state index in [4.69, 9.17) is 9.47 Å². The highest BCUT2D eigenvalue weighted by molar-refractivity contribution is 6.05. The minimum absolute atomic E-state index is 0.175. The fraction of sp³-hybridized carbons (Fsp3) is 0.269. The van der Waals surface area contributed by atoms with Gasteiger partial charge >= 0.3 is 0 Å². The molecule has 3 rings (SSSR count). The minimum atomic E-state index is -0.175. The molecule has 0 aliphatic carbocycles. The summed E-state index contributed by atoms with van der Waals surface area (Å²) in [6.45, 7) is 5.44. The number of rotatable bonds is 10. The molecule has 1 amide bonds. The summed E-state index contributed by atoms with van der Waals surface area (Å²) in [5.41, 5.74) is 2.54. The van der Waals surface area contributed by atoms with E-state index in [9.17, 15) is 4.79 Å². The maximum absolute atomic E-state index is 12.7. The number of para-hydroxylation sites is 2. The Hall–Kier alpha value is -3.27. The van der Waals surface area contributed by atoms with Crippen molar-refractivity contribution in [1.82, 2.24) is 0 Å². The molecule has 0 saturated carbocycles. The summed E-state index contributed by atoms with van der Waals surface area (Å²) in [6, 6.07) is 25.1. The van der Waals surface area contributed by atoms with Crippen LogP contribution >= 0.6 is 0 Å². The van der Waals surface area contributed by atoms with Gasteiger partial charge in [-0.1, -0.05) is 56.3 Å². The first-order chi connectivity index (χ1) is 14.6. The first kappa shape index (κ1) is 21.4. The van der Waals surface area contributed by atoms with E-state index in [1.165, 1.54) is 5.56 Å². The van der Waals surface area contributed by atoms with Gasteiger partial charge in [0.05, 0.1) is 18.9 Å². The summed E-state index contributed by atoms with van der Waals surface area (Å²) in [4.78, 5) is 12.7. The van der Waals surface area contributed by atoms with Gasteiger partial charge in [0.2, 0.25) is 0 Å². The Labute approximate surface area is 178 Å². The molecule has 156 valence electrons. The maximum atomic E-state index is 12.7. The molecule has 1 N–H and O–H groups in total. The summed E-state index contributed by atoms with van der Waals surface area (Å²) < 4.78 is 11.6. The van der Waals surface area contributed by atoms with Crippen molar-refractivity contribution >= 4 is 11.6 Å². The lowest BCUT2D eigenvalue weighted by atomic mass is 10.1. The molecule has 0 heterocycles. The van der Waals surface area contributed by atoms with Crippen molar-refractivity contribution < 1.29 is 14.3 Å². The van der Waals surface area contributed by atoms with Crippen LogP contribution in [-0.4, -0.2) is 19.1 Å². The highest BCUT2D eigenvalue weighted by Gasteiger charge is 2.10. The molecule has 0 fully saturated rings. The third kappa shape index (κ3) is 6.66. The lowest BCUT2D eigenvalue weighted by Crippen LogP contribution is -2.13. The highest BCUT2D eigenvalue weighted by Crippen LogP contribution is 2.25. The zero-order valence-electron chi connectivity index (χ0n) is 17.6. The van der Waals surface area contributed by atoms with Gasteiger partial charge in [-0.15, -0.1) is 0 Å². The van der Waals surface area contributed by atoms with Gasteiger partial charge in [0.25, 0.3) is 5.91 Å². The van der Waals surface area contributed by atoms with E-state index in [2.05, 4.69) is 31.3 Å². The summed E-state index contributed by atoms with van der Waals surface area (Å²) in [6.07, 6.45) is 1.87. The van der Waals surface area contributed by atoms with Gasteiger partial charge in [0.15, 0.2) is 0 Å². The first-order valence-corrected chi connectivity index (χ1v) is 10.4. The topological polar surface area (TPSA) is 47.6 Å². The number of amides is 1. The fourth-order valence-electron chi connectivity index (χ4n) is 2.96. The second-order valence-corrected chi connectivity index (χ2v) is 7.62. The van der Waals surface area contributed by atoms with Crippen molar-refractivity contribution in [3.8, 4) is 11.5 Å². The van der Waals surface area contributed by atoms with Crippen LogP contribution in [0, 0.1) is 5.92 Å². The van der Waals surface area contributed by atoms with Crippen LogP contribution in [0.15, 0.2) is 78.9 Å². The molecule has 0 aliphatic rings. The number of carbonyl (C=O) groups excluding carboxylic acids is 1. The van der Waals surface area contributed by atoms with Crippen molar-refractivity contribution in [2.45, 2.75) is 26.7 Å². The van der Waals surface area contributed by atoms with Gasteiger partial charge in [-0.05, 0) is 60.7 Å². The quantitative estimate of drug-likeness (QED) is 0.423. The Morgan fingerprint density at radius 3 is 2.30 bits per heavy atom. The monoisotopic (exact) mass is 403 g/mol. The highest BCUT2D eigenvalue weighted by atomic mass is 16.5. The van der Waals surface area contributed by atoms with Crippen LogP contribution in [0.1, 0.15) is 36.2 Å². The van der Waals surface area contributed by atoms with E-state index in [0.717, 1.165) is 18.6 Å². The van der Waals surface area contributed by atoms with Gasteiger partial charge < -0.3 is 14.8 Å². The lowest BCUT2D eigenvalue weighted by molar-refractivity contribution is 0.102. The third-order valence-corrected chi connectivity index (χ3v) is 4.55. The number of aryl methyl sites for hydroxylation is 1. The van der Waals surface area contributed by atoms with Crippen molar-refractivity contribution in [1.29, 1.82) is 0 Å². The zero-order valence-corrected chi connectivity index (χ0v) is 17.6. The van der Waals surface area contributed by atoms with E-state index in [0.29, 0.717) is 36.1 Å². The van der Waals surface area contributed by atoms with Crippen LogP contribution in [0.2, 0.25) is 0 Å². The molecule has 4 heteroatoms. The predicted molar refractivity (Wildman–Crippen MR) is 121 cm³/mol. The summed E-state index contributed by atoms with van der Waals surface area (Å²) >= 11 is 0. The van der Waals surface area contributed by atoms with Crippen molar-refractivity contribution in [2.75, 3.05) is 18.5 Å². The lowest BCUT2D eigenvalue weighted by Gasteiger charge is -2.13. The molecule has 3 aromatic carbocycles. The normalized spacial score (nSPS) is 10.6. The maximum Gasteiger partial charge on any atom is 0.255 e. The van der Waals surface area contributed by atoms with Crippen molar-refractivity contribution in [3.05, 3.63) is 90.0 Å². The molecule has 4 nitrogen and oxygen atoms in total. The molecular formula is C26H29NO3. The number of hydrogen-bond acceptors (Lipinski definition) is 3. The van der Waals surface area contributed by atoms with Crippen molar-refractivity contribution in [2.24, 2.45) is 5.92 Å². The Morgan fingerprint density at radius 2 is 1.57 bits per heavy atom. The Morgan fingerprint density at radius 1 is 0.867 bits per heavy atom. The van der Waals surface area contributed by atoms with E-state index in [1.807, 2.05) is 54.6 Å². The van der Waals surface area contributed by atoms with Crippen LogP contribution in [-0.2, 0) is 6.42 Å². The smallest absolute Gasteiger partial charge is 0.255 e. The second kappa shape index (κ2) is 11.1. The molecule has 30 heavy (non-hydrogen) atoms. The zero-order chi connectivity index (χ0) is 21.2. The average Bonchev–Trinajstić information content (AvgIpc) is 2.77. The van der Waals surface area contributed by atoms with Crippen LogP contribution in [0.3, 0.4) is 0 Å². The second-order valence-electron chi connectivity index (χ2n) is 7.62. The number of nitrogens with one attached hydrogen (secondary N) is 1. The Kier molecular flexibility index (Phi) is 7.90. The van der Waals surface area contributed by atoms with Gasteiger partial charge in [-0.3, -0.25) is 4.79 Å². The predicted octanol–water partition coefficient (Wildman–Crippen LogP) is 5.99. The number of hydrogen-bond donors (Lipinski definition) is 1. The standard InChI is InChI=1S/C26H29NO3/c1-20(2)19-30-23-16-14-22(15-17-23)26(28)27-24-12-6-7-13-25(24)29-18-8-11-21-9-4-3-5-10-21/h3-7,9-10,12-17,20H,8,11,18-19H2,1-2H3,(H,27,28). The van der Waals surface area contributed by atoms with Gasteiger partial charge in [-0.2, -0.15) is 0 Å². The number of benzene rings is 3. The molecule has 3 aromatic rings. The minimum Gasteiger partial charge on any atom is -0.493 e. The first-order valence-electron chi connectivity index (χ1n) is 10.4. The van der Waals surface area contributed by atoms with Crippen LogP contribution < -0.4 is 14.8 Å². The summed E-state index contributed by atoms with van der Waals surface area (Å²) in [5.74, 6) is 1.72. The van der Waals surface area contributed by atoms with Gasteiger partial charge in [0.1, 0.15) is 11.5 Å². The van der Waals surface area contributed by atoms with E-state index >= 15 is 0 Å². The van der Waals surface area contributed by atoms with Gasteiger partial charge in [-0.25, -0.2) is 0 Å². The molecular weight excluding hydrogens is 374 g/mol. The van der Waals surface area contributed by atoms with Crippen LogP contribution in [0.4, 0.5) is 5.69 Å². The molecule has 0 radical (unpaired) electrons. The van der Waals surface area contributed by atoms with Crippen LogP contribution in [0.5, 0.6) is 11.5 Å².